The number of aryl methyl sites for hydroxylation is 2. The Labute approximate surface area is 133 Å². The summed E-state index contributed by atoms with van der Waals surface area (Å²) in [7, 11) is 3.90. The number of hydrogen-bond acceptors (Lipinski definition) is 3. The van der Waals surface area contributed by atoms with Crippen molar-refractivity contribution < 1.29 is 0 Å². The Balaban J connectivity index is 2.39. The van der Waals surface area contributed by atoms with Crippen LogP contribution in [0.2, 0.25) is 0 Å². The van der Waals surface area contributed by atoms with Gasteiger partial charge in [0, 0.05) is 38.5 Å². The number of allylic oxidation sites excluding steroid dienone is 1. The molecule has 0 bridgehead atoms. The lowest BCUT2D eigenvalue weighted by molar-refractivity contribution is 0.470. The molecular weight excluding hydrogens is 280 g/mol. The molecule has 5 heteroatoms. The van der Waals surface area contributed by atoms with E-state index >= 15 is 0 Å². The average molecular weight is 308 g/mol. The Morgan fingerprint density at radius 1 is 1.52 bits per heavy atom. The molecule has 0 aromatic carbocycles. The number of unbranched alkanes of at least 4 members (excludes halogenated alkanes) is 1. The van der Waals surface area contributed by atoms with Crippen LogP contribution in [0.5, 0.6) is 0 Å². The third kappa shape index (κ3) is 5.87. The first kappa shape index (κ1) is 17.7. The van der Waals surface area contributed by atoms with Crippen LogP contribution in [0.25, 0.3) is 0 Å². The van der Waals surface area contributed by atoms with Crippen LogP contribution >= 0.6 is 11.3 Å². The number of aliphatic imine (C=N–C) groups is 1. The molecule has 1 aromatic rings. The van der Waals surface area contributed by atoms with Crippen molar-refractivity contribution in [3.05, 3.63) is 28.2 Å². The van der Waals surface area contributed by atoms with Crippen molar-refractivity contribution in [1.29, 1.82) is 0 Å². The standard InChI is InChI=1S/C16H28N4S/c1-6-8-9-12-20(5)16(17-4)18-11-10-15-19-14(7-2)13(3)21-15/h6H,1,7-12H2,2-5H3,(H,17,18). The van der Waals surface area contributed by atoms with Crippen molar-refractivity contribution in [3.63, 3.8) is 0 Å². The van der Waals surface area contributed by atoms with E-state index in [1.54, 1.807) is 0 Å². The van der Waals surface area contributed by atoms with Gasteiger partial charge in [-0.05, 0) is 26.2 Å². The highest BCUT2D eigenvalue weighted by Gasteiger charge is 2.07. The summed E-state index contributed by atoms with van der Waals surface area (Å²) in [5.74, 6) is 0.947. The van der Waals surface area contributed by atoms with E-state index in [1.807, 2.05) is 24.5 Å². The van der Waals surface area contributed by atoms with Crippen LogP contribution in [-0.2, 0) is 12.8 Å². The predicted molar refractivity (Wildman–Crippen MR) is 93.4 cm³/mol. The second-order valence-electron chi connectivity index (χ2n) is 5.04. The molecule has 0 amide bonds. The zero-order valence-electron chi connectivity index (χ0n) is 13.8. The SMILES string of the molecule is C=CCCCN(C)C(=NC)NCCc1nc(CC)c(C)s1. The smallest absolute Gasteiger partial charge is 0.193 e. The molecule has 1 N–H and O–H groups in total. The number of guanidine groups is 1. The lowest BCUT2D eigenvalue weighted by Gasteiger charge is -2.21. The fourth-order valence-electron chi connectivity index (χ4n) is 2.17. The Morgan fingerprint density at radius 2 is 2.29 bits per heavy atom. The Bertz CT molecular complexity index is 465. The summed E-state index contributed by atoms with van der Waals surface area (Å²) in [5.41, 5.74) is 1.24. The van der Waals surface area contributed by atoms with Crippen LogP contribution in [0.15, 0.2) is 17.6 Å². The van der Waals surface area contributed by atoms with Gasteiger partial charge in [0.05, 0.1) is 10.7 Å². The summed E-state index contributed by atoms with van der Waals surface area (Å²) >= 11 is 1.81. The first-order valence-electron chi connectivity index (χ1n) is 7.60. The largest absolute Gasteiger partial charge is 0.356 e. The average Bonchev–Trinajstić information content (AvgIpc) is 2.84. The Kier molecular flexibility index (Phi) is 8.05. The summed E-state index contributed by atoms with van der Waals surface area (Å²) in [5, 5.41) is 4.62. The zero-order chi connectivity index (χ0) is 15.7. The summed E-state index contributed by atoms with van der Waals surface area (Å²) in [6.07, 6.45) is 6.07. The molecule has 21 heavy (non-hydrogen) atoms. The highest BCUT2D eigenvalue weighted by molar-refractivity contribution is 7.11. The van der Waals surface area contributed by atoms with Crippen molar-refractivity contribution in [3.8, 4) is 0 Å². The van der Waals surface area contributed by atoms with Gasteiger partial charge in [-0.3, -0.25) is 4.99 Å². The third-order valence-corrected chi connectivity index (χ3v) is 4.44. The fourth-order valence-corrected chi connectivity index (χ4v) is 3.19. The molecule has 0 aliphatic rings. The normalized spacial score (nSPS) is 11.5. The Morgan fingerprint density at radius 3 is 2.86 bits per heavy atom. The highest BCUT2D eigenvalue weighted by Crippen LogP contribution is 2.17. The topological polar surface area (TPSA) is 40.5 Å². The van der Waals surface area contributed by atoms with Crippen molar-refractivity contribution in [2.24, 2.45) is 4.99 Å². The molecule has 1 aromatic heterocycles. The highest BCUT2D eigenvalue weighted by atomic mass is 32.1. The molecular formula is C16H28N4S. The molecule has 0 atom stereocenters. The van der Waals surface area contributed by atoms with Gasteiger partial charge in [0.2, 0.25) is 0 Å². The maximum absolute atomic E-state index is 4.67. The molecule has 118 valence electrons. The summed E-state index contributed by atoms with van der Waals surface area (Å²) in [4.78, 5) is 12.5. The van der Waals surface area contributed by atoms with Crippen molar-refractivity contribution in [2.75, 3.05) is 27.2 Å². The zero-order valence-corrected chi connectivity index (χ0v) is 14.6. The first-order valence-corrected chi connectivity index (χ1v) is 8.41. The van der Waals surface area contributed by atoms with Gasteiger partial charge in [-0.1, -0.05) is 13.0 Å². The molecule has 0 unspecified atom stereocenters. The first-order chi connectivity index (χ1) is 10.1. The molecule has 0 aliphatic carbocycles. The molecule has 1 heterocycles. The van der Waals surface area contributed by atoms with Gasteiger partial charge in [0.1, 0.15) is 0 Å². The summed E-state index contributed by atoms with van der Waals surface area (Å²) in [6, 6.07) is 0. The van der Waals surface area contributed by atoms with Gasteiger partial charge in [-0.2, -0.15) is 0 Å². The Hall–Kier alpha value is -1.36. The van der Waals surface area contributed by atoms with Crippen LogP contribution in [0, 0.1) is 6.92 Å². The minimum absolute atomic E-state index is 0.870. The van der Waals surface area contributed by atoms with E-state index < -0.39 is 0 Å². The maximum Gasteiger partial charge on any atom is 0.193 e. The second kappa shape index (κ2) is 9.55. The number of aromatic nitrogens is 1. The van der Waals surface area contributed by atoms with Crippen LogP contribution < -0.4 is 5.32 Å². The van der Waals surface area contributed by atoms with E-state index in [1.165, 1.54) is 15.6 Å². The number of thiazole rings is 1. The van der Waals surface area contributed by atoms with Gasteiger partial charge in [0.25, 0.3) is 0 Å². The molecule has 0 saturated carbocycles. The second-order valence-corrected chi connectivity index (χ2v) is 6.33. The maximum atomic E-state index is 4.67. The van der Waals surface area contributed by atoms with Crippen molar-refractivity contribution >= 4 is 17.3 Å². The van der Waals surface area contributed by atoms with Crippen LogP contribution in [-0.4, -0.2) is 43.0 Å². The van der Waals surface area contributed by atoms with Gasteiger partial charge in [0.15, 0.2) is 5.96 Å². The number of nitrogens with one attached hydrogen (secondary N) is 1. The summed E-state index contributed by atoms with van der Waals surface area (Å²) in [6.45, 7) is 9.92. The quantitative estimate of drug-likeness (QED) is 0.347. The fraction of sp³-hybridized carbons (Fsp3) is 0.625. The molecule has 1 rings (SSSR count). The summed E-state index contributed by atoms with van der Waals surface area (Å²) < 4.78 is 0. The molecule has 0 aliphatic heterocycles. The molecule has 0 saturated heterocycles. The van der Waals surface area contributed by atoms with Gasteiger partial charge in [-0.15, -0.1) is 17.9 Å². The molecule has 4 nitrogen and oxygen atoms in total. The van der Waals surface area contributed by atoms with Crippen molar-refractivity contribution in [2.45, 2.75) is 39.5 Å². The number of rotatable bonds is 8. The lowest BCUT2D eigenvalue weighted by atomic mass is 10.3. The minimum Gasteiger partial charge on any atom is -0.356 e. The van der Waals surface area contributed by atoms with E-state index in [9.17, 15) is 0 Å². The van der Waals surface area contributed by atoms with E-state index in [2.05, 4.69) is 47.7 Å². The molecule has 0 spiro atoms. The van der Waals surface area contributed by atoms with Gasteiger partial charge >= 0.3 is 0 Å². The molecule has 0 fully saturated rings. The van der Waals surface area contributed by atoms with Crippen molar-refractivity contribution in [1.82, 2.24) is 15.2 Å². The third-order valence-electron chi connectivity index (χ3n) is 3.37. The molecule has 0 radical (unpaired) electrons. The van der Waals surface area contributed by atoms with Gasteiger partial charge in [-0.25, -0.2) is 4.98 Å². The monoisotopic (exact) mass is 308 g/mol. The lowest BCUT2D eigenvalue weighted by Crippen LogP contribution is -2.40. The van der Waals surface area contributed by atoms with E-state index in [0.29, 0.717) is 0 Å². The van der Waals surface area contributed by atoms with Crippen LogP contribution in [0.3, 0.4) is 0 Å². The van der Waals surface area contributed by atoms with Gasteiger partial charge < -0.3 is 10.2 Å². The van der Waals surface area contributed by atoms with E-state index in [-0.39, 0.29) is 0 Å². The van der Waals surface area contributed by atoms with E-state index in [4.69, 9.17) is 0 Å². The van der Waals surface area contributed by atoms with Crippen LogP contribution in [0.4, 0.5) is 0 Å². The van der Waals surface area contributed by atoms with E-state index in [0.717, 1.165) is 44.7 Å². The number of hydrogen-bond donors (Lipinski definition) is 1. The minimum atomic E-state index is 0.870. The van der Waals surface area contributed by atoms with Crippen LogP contribution in [0.1, 0.15) is 35.3 Å². The number of nitrogens with zero attached hydrogens (tertiary/aromatic N) is 3. The predicted octanol–water partition coefficient (Wildman–Crippen LogP) is 3.03.